The normalized spacial score (nSPS) is 10.9. The Bertz CT molecular complexity index is 551. The van der Waals surface area contributed by atoms with Gasteiger partial charge >= 0.3 is 11.9 Å². The van der Waals surface area contributed by atoms with Crippen LogP contribution in [0.3, 0.4) is 0 Å². The van der Waals surface area contributed by atoms with E-state index in [-0.39, 0.29) is 11.9 Å². The van der Waals surface area contributed by atoms with E-state index in [2.05, 4.69) is 6.92 Å². The summed E-state index contributed by atoms with van der Waals surface area (Å²) in [6.45, 7) is 3.02. The highest BCUT2D eigenvalue weighted by Gasteiger charge is 2.03. The Kier molecular flexibility index (Phi) is 14.6. The van der Waals surface area contributed by atoms with Gasteiger partial charge in [0.2, 0.25) is 0 Å². The van der Waals surface area contributed by atoms with Crippen LogP contribution in [0.25, 0.3) is 6.08 Å². The summed E-state index contributed by atoms with van der Waals surface area (Å²) in [5.41, 5.74) is 1.10. The van der Waals surface area contributed by atoms with Gasteiger partial charge in [-0.25, -0.2) is 0 Å². The third-order valence-electron chi connectivity index (χ3n) is 4.47. The number of hydrogen-bond donors (Lipinski definition) is 0. The number of ether oxygens (including phenoxy) is 2. The molecule has 0 N–H and O–H groups in total. The maximum Gasteiger partial charge on any atom is 0.306 e. The molecule has 0 amide bonds. The molecular weight excluding hydrogens is 352 g/mol. The van der Waals surface area contributed by atoms with Crippen LogP contribution in [0.5, 0.6) is 0 Å². The van der Waals surface area contributed by atoms with E-state index in [1.54, 1.807) is 0 Å². The van der Waals surface area contributed by atoms with Crippen molar-refractivity contribution in [3.63, 3.8) is 0 Å². The maximum atomic E-state index is 11.7. The monoisotopic (exact) mass is 388 g/mol. The van der Waals surface area contributed by atoms with Gasteiger partial charge in [-0.05, 0) is 30.9 Å². The summed E-state index contributed by atoms with van der Waals surface area (Å²) >= 11 is 0. The maximum absolute atomic E-state index is 11.7. The van der Waals surface area contributed by atoms with E-state index in [4.69, 9.17) is 9.47 Å². The molecule has 0 saturated heterocycles. The molecule has 0 aliphatic heterocycles. The quantitative estimate of drug-likeness (QED) is 0.254. The van der Waals surface area contributed by atoms with E-state index in [1.807, 2.05) is 42.5 Å². The average molecular weight is 389 g/mol. The van der Waals surface area contributed by atoms with E-state index in [1.165, 1.54) is 0 Å². The lowest BCUT2D eigenvalue weighted by molar-refractivity contribution is -0.144. The molecule has 0 aromatic heterocycles. The number of benzene rings is 1. The number of rotatable bonds is 16. The zero-order valence-corrected chi connectivity index (χ0v) is 17.4. The SMILES string of the molecule is CCCCCOC(=O)CCCCCCCCC(=O)OC/C=C/c1ccccc1. The largest absolute Gasteiger partial charge is 0.466 e. The number of carbonyl (C=O) groups is 2. The Labute approximate surface area is 170 Å². The molecule has 0 heterocycles. The van der Waals surface area contributed by atoms with Gasteiger partial charge in [-0.2, -0.15) is 0 Å². The van der Waals surface area contributed by atoms with Crippen molar-refractivity contribution in [1.29, 1.82) is 0 Å². The van der Waals surface area contributed by atoms with Gasteiger partial charge in [0.25, 0.3) is 0 Å². The fraction of sp³-hybridized carbons (Fsp3) is 0.583. The van der Waals surface area contributed by atoms with Crippen molar-refractivity contribution >= 4 is 18.0 Å². The Morgan fingerprint density at radius 2 is 1.39 bits per heavy atom. The van der Waals surface area contributed by atoms with Gasteiger partial charge in [-0.15, -0.1) is 0 Å². The summed E-state index contributed by atoms with van der Waals surface area (Å²) in [6, 6.07) is 9.95. The molecule has 0 unspecified atom stereocenters. The first-order valence-electron chi connectivity index (χ1n) is 10.7. The van der Waals surface area contributed by atoms with Gasteiger partial charge in [0.05, 0.1) is 6.61 Å². The summed E-state index contributed by atoms with van der Waals surface area (Å²) in [5, 5.41) is 0. The zero-order chi connectivity index (χ0) is 20.3. The third kappa shape index (κ3) is 14.0. The highest BCUT2D eigenvalue weighted by atomic mass is 16.5. The van der Waals surface area contributed by atoms with Crippen LogP contribution in [0.4, 0.5) is 0 Å². The summed E-state index contributed by atoms with van der Waals surface area (Å²) in [7, 11) is 0. The van der Waals surface area contributed by atoms with E-state index in [0.717, 1.165) is 63.4 Å². The molecule has 28 heavy (non-hydrogen) atoms. The van der Waals surface area contributed by atoms with Crippen LogP contribution in [0, 0.1) is 0 Å². The summed E-state index contributed by atoms with van der Waals surface area (Å²) in [5.74, 6) is -0.205. The first kappa shape index (κ1) is 23.9. The fourth-order valence-corrected chi connectivity index (χ4v) is 2.82. The molecule has 0 fully saturated rings. The topological polar surface area (TPSA) is 52.6 Å². The predicted octanol–water partition coefficient (Wildman–Crippen LogP) is 6.10. The molecule has 0 bridgehead atoms. The summed E-state index contributed by atoms with van der Waals surface area (Å²) < 4.78 is 10.4. The van der Waals surface area contributed by atoms with Crippen LogP contribution in [0.15, 0.2) is 36.4 Å². The molecule has 1 rings (SSSR count). The predicted molar refractivity (Wildman–Crippen MR) is 114 cm³/mol. The minimum Gasteiger partial charge on any atom is -0.466 e. The third-order valence-corrected chi connectivity index (χ3v) is 4.47. The minimum atomic E-state index is -0.136. The Hall–Kier alpha value is -2.10. The van der Waals surface area contributed by atoms with Crippen LogP contribution in [-0.2, 0) is 19.1 Å². The fourth-order valence-electron chi connectivity index (χ4n) is 2.82. The number of hydrogen-bond acceptors (Lipinski definition) is 4. The van der Waals surface area contributed by atoms with Gasteiger partial charge in [-0.3, -0.25) is 9.59 Å². The minimum absolute atomic E-state index is 0.0693. The standard InChI is InChI=1S/C24H36O4/c1-2-3-13-20-27-23(25)18-11-6-4-5-7-12-19-24(26)28-21-14-17-22-15-9-8-10-16-22/h8-10,14-17H,2-7,11-13,18-21H2,1H3/b17-14+. The second-order valence-corrected chi connectivity index (χ2v) is 7.04. The number of esters is 2. The Morgan fingerprint density at radius 1 is 0.786 bits per heavy atom. The number of unbranched alkanes of at least 4 members (excludes halogenated alkanes) is 7. The van der Waals surface area contributed by atoms with Crippen LogP contribution in [0.1, 0.15) is 83.1 Å². The number of carbonyl (C=O) groups excluding carboxylic acids is 2. The van der Waals surface area contributed by atoms with E-state index >= 15 is 0 Å². The van der Waals surface area contributed by atoms with Gasteiger partial charge < -0.3 is 9.47 Å². The Morgan fingerprint density at radius 3 is 2.04 bits per heavy atom. The van der Waals surface area contributed by atoms with Crippen LogP contribution in [-0.4, -0.2) is 25.2 Å². The first-order chi connectivity index (χ1) is 13.7. The van der Waals surface area contributed by atoms with Gasteiger partial charge in [-0.1, -0.05) is 81.9 Å². The molecule has 0 spiro atoms. The molecule has 4 nitrogen and oxygen atoms in total. The molecule has 4 heteroatoms. The van der Waals surface area contributed by atoms with Crippen molar-refractivity contribution in [3.05, 3.63) is 42.0 Å². The molecule has 0 saturated carbocycles. The first-order valence-corrected chi connectivity index (χ1v) is 10.7. The van der Waals surface area contributed by atoms with Crippen molar-refractivity contribution in [2.75, 3.05) is 13.2 Å². The van der Waals surface area contributed by atoms with E-state index in [9.17, 15) is 9.59 Å². The zero-order valence-electron chi connectivity index (χ0n) is 17.4. The second-order valence-electron chi connectivity index (χ2n) is 7.04. The molecule has 1 aromatic carbocycles. The van der Waals surface area contributed by atoms with Crippen molar-refractivity contribution in [2.45, 2.75) is 77.6 Å². The molecule has 156 valence electrons. The van der Waals surface area contributed by atoms with Crippen molar-refractivity contribution in [2.24, 2.45) is 0 Å². The van der Waals surface area contributed by atoms with Crippen LogP contribution < -0.4 is 0 Å². The van der Waals surface area contributed by atoms with Gasteiger partial charge in [0.15, 0.2) is 0 Å². The van der Waals surface area contributed by atoms with Gasteiger partial charge in [0.1, 0.15) is 6.61 Å². The molecule has 0 atom stereocenters. The van der Waals surface area contributed by atoms with Crippen molar-refractivity contribution in [1.82, 2.24) is 0 Å². The molecule has 0 aliphatic rings. The van der Waals surface area contributed by atoms with Crippen molar-refractivity contribution in [3.8, 4) is 0 Å². The lowest BCUT2D eigenvalue weighted by Gasteiger charge is -2.05. The lowest BCUT2D eigenvalue weighted by atomic mass is 10.1. The molecular formula is C24H36O4. The smallest absolute Gasteiger partial charge is 0.306 e. The average Bonchev–Trinajstić information content (AvgIpc) is 2.71. The molecule has 0 radical (unpaired) electrons. The van der Waals surface area contributed by atoms with E-state index < -0.39 is 0 Å². The lowest BCUT2D eigenvalue weighted by Crippen LogP contribution is -2.05. The van der Waals surface area contributed by atoms with E-state index in [0.29, 0.717) is 26.1 Å². The van der Waals surface area contributed by atoms with Gasteiger partial charge in [0, 0.05) is 12.8 Å². The van der Waals surface area contributed by atoms with Crippen LogP contribution >= 0.6 is 0 Å². The highest BCUT2D eigenvalue weighted by molar-refractivity contribution is 5.69. The summed E-state index contributed by atoms with van der Waals surface area (Å²) in [6.07, 6.45) is 14.0. The molecule has 0 aliphatic carbocycles. The second kappa shape index (κ2) is 17.0. The highest BCUT2D eigenvalue weighted by Crippen LogP contribution is 2.10. The Balaban J connectivity index is 1.88. The van der Waals surface area contributed by atoms with Crippen LogP contribution in [0.2, 0.25) is 0 Å². The van der Waals surface area contributed by atoms with Crippen molar-refractivity contribution < 1.29 is 19.1 Å². The summed E-state index contributed by atoms with van der Waals surface area (Å²) in [4.78, 5) is 23.2. The molecule has 1 aromatic rings.